The molecule has 0 aromatic carbocycles. The lowest BCUT2D eigenvalue weighted by molar-refractivity contribution is 0.0443. The number of cyclic esters (lactones) is 2. The molecule has 0 amide bonds. The molecular formula is C5HNO3S. The van der Waals surface area contributed by atoms with Crippen molar-refractivity contribution in [2.24, 2.45) is 0 Å². The van der Waals surface area contributed by atoms with Crippen LogP contribution in [-0.4, -0.2) is 16.9 Å². The fourth-order valence-electron chi connectivity index (χ4n) is 0.715. The lowest BCUT2D eigenvalue weighted by Crippen LogP contribution is -1.98. The van der Waals surface area contributed by atoms with Crippen molar-refractivity contribution < 1.29 is 14.3 Å². The maximum atomic E-state index is 10.7. The Morgan fingerprint density at radius 1 is 1.40 bits per heavy atom. The van der Waals surface area contributed by atoms with E-state index < -0.39 is 11.9 Å². The molecule has 0 fully saturated rings. The van der Waals surface area contributed by atoms with Crippen molar-refractivity contribution in [3.63, 3.8) is 0 Å². The summed E-state index contributed by atoms with van der Waals surface area (Å²) in [5, 5.41) is 0. The summed E-state index contributed by atoms with van der Waals surface area (Å²) >= 11 is 1.12. The van der Waals surface area contributed by atoms with E-state index in [1.807, 2.05) is 0 Å². The van der Waals surface area contributed by atoms with Gasteiger partial charge in [-0.1, -0.05) is 0 Å². The van der Waals surface area contributed by atoms with Crippen LogP contribution in [0.2, 0.25) is 0 Å². The smallest absolute Gasteiger partial charge is 0.366 e. The molecule has 0 saturated carbocycles. The minimum Gasteiger partial charge on any atom is -0.384 e. The van der Waals surface area contributed by atoms with E-state index >= 15 is 0 Å². The standard InChI is InChI=1S/C5HNO3S/c7-4-2-3(5(8)9-4)10-1-6-2/h1H. The Hall–Kier alpha value is -1.23. The number of rotatable bonds is 0. The molecule has 5 heteroatoms. The summed E-state index contributed by atoms with van der Waals surface area (Å²) in [6.45, 7) is 0. The van der Waals surface area contributed by atoms with E-state index in [-0.39, 0.29) is 5.69 Å². The van der Waals surface area contributed by atoms with Crippen LogP contribution in [-0.2, 0) is 4.74 Å². The second kappa shape index (κ2) is 1.63. The Kier molecular flexibility index (Phi) is 0.906. The minimum absolute atomic E-state index is 0.148. The Balaban J connectivity index is 2.69. The zero-order valence-electron chi connectivity index (χ0n) is 4.66. The van der Waals surface area contributed by atoms with Crippen LogP contribution in [0.25, 0.3) is 0 Å². The molecule has 0 N–H and O–H groups in total. The number of nitrogens with zero attached hydrogens (tertiary/aromatic N) is 1. The van der Waals surface area contributed by atoms with Crippen molar-refractivity contribution in [2.75, 3.05) is 0 Å². The van der Waals surface area contributed by atoms with E-state index in [9.17, 15) is 9.59 Å². The highest BCUT2D eigenvalue weighted by Crippen LogP contribution is 2.21. The molecule has 0 spiro atoms. The molecule has 1 aromatic rings. The Labute approximate surface area is 59.5 Å². The Bertz CT molecular complexity index is 288. The third kappa shape index (κ3) is 0.522. The number of carbonyl (C=O) groups excluding carboxylic acids is 2. The zero-order valence-corrected chi connectivity index (χ0v) is 5.47. The van der Waals surface area contributed by atoms with Crippen molar-refractivity contribution in [2.45, 2.75) is 0 Å². The third-order valence-corrected chi connectivity index (χ3v) is 1.94. The van der Waals surface area contributed by atoms with Gasteiger partial charge in [0.2, 0.25) is 0 Å². The van der Waals surface area contributed by atoms with Crippen LogP contribution in [0.3, 0.4) is 0 Å². The number of ether oxygens (including phenoxy) is 1. The molecule has 2 heterocycles. The molecule has 0 radical (unpaired) electrons. The molecule has 1 aliphatic rings. The Morgan fingerprint density at radius 2 is 2.20 bits per heavy atom. The second-order valence-corrected chi connectivity index (χ2v) is 2.56. The van der Waals surface area contributed by atoms with Crippen molar-refractivity contribution in [3.8, 4) is 0 Å². The lowest BCUT2D eigenvalue weighted by atomic mass is 10.4. The molecular weight excluding hydrogens is 154 g/mol. The van der Waals surface area contributed by atoms with Crippen LogP contribution in [0.15, 0.2) is 5.51 Å². The van der Waals surface area contributed by atoms with Crippen LogP contribution in [0.4, 0.5) is 0 Å². The third-order valence-electron chi connectivity index (χ3n) is 1.13. The highest BCUT2D eigenvalue weighted by atomic mass is 32.1. The van der Waals surface area contributed by atoms with Gasteiger partial charge in [-0.2, -0.15) is 0 Å². The first kappa shape index (κ1) is 5.55. The van der Waals surface area contributed by atoms with Crippen molar-refractivity contribution in [1.29, 1.82) is 0 Å². The molecule has 0 bridgehead atoms. The lowest BCUT2D eigenvalue weighted by Gasteiger charge is -1.82. The summed E-state index contributed by atoms with van der Waals surface area (Å²) in [4.78, 5) is 25.3. The van der Waals surface area contributed by atoms with Crippen molar-refractivity contribution >= 4 is 23.3 Å². The first-order valence-electron chi connectivity index (χ1n) is 2.49. The van der Waals surface area contributed by atoms with E-state index in [1.54, 1.807) is 0 Å². The monoisotopic (exact) mass is 155 g/mol. The van der Waals surface area contributed by atoms with Gasteiger partial charge < -0.3 is 4.74 Å². The van der Waals surface area contributed by atoms with Gasteiger partial charge in [0, 0.05) is 0 Å². The van der Waals surface area contributed by atoms with Gasteiger partial charge in [0.25, 0.3) is 0 Å². The first-order valence-corrected chi connectivity index (χ1v) is 3.37. The maximum absolute atomic E-state index is 10.7. The number of hydrogen-bond donors (Lipinski definition) is 0. The quantitative estimate of drug-likeness (QED) is 0.403. The molecule has 0 atom stereocenters. The van der Waals surface area contributed by atoms with Crippen LogP contribution in [0.1, 0.15) is 20.2 Å². The summed E-state index contributed by atoms with van der Waals surface area (Å²) in [6, 6.07) is 0. The number of esters is 2. The predicted molar refractivity (Wildman–Crippen MR) is 31.9 cm³/mol. The van der Waals surface area contributed by atoms with Crippen molar-refractivity contribution in [1.82, 2.24) is 4.98 Å². The van der Waals surface area contributed by atoms with E-state index in [0.29, 0.717) is 4.88 Å². The number of aromatic nitrogens is 1. The number of hydrogen-bond acceptors (Lipinski definition) is 5. The van der Waals surface area contributed by atoms with E-state index in [2.05, 4.69) is 9.72 Å². The molecule has 0 aliphatic carbocycles. The number of thiazole rings is 1. The topological polar surface area (TPSA) is 56.3 Å². The zero-order chi connectivity index (χ0) is 7.14. The first-order chi connectivity index (χ1) is 4.79. The molecule has 10 heavy (non-hydrogen) atoms. The number of carbonyl (C=O) groups is 2. The molecule has 0 unspecified atom stereocenters. The highest BCUT2D eigenvalue weighted by molar-refractivity contribution is 7.12. The maximum Gasteiger partial charge on any atom is 0.366 e. The molecule has 1 aromatic heterocycles. The summed E-state index contributed by atoms with van der Waals surface area (Å²) in [6.07, 6.45) is 0. The minimum atomic E-state index is -0.638. The summed E-state index contributed by atoms with van der Waals surface area (Å²) < 4.78 is 4.24. The summed E-state index contributed by atoms with van der Waals surface area (Å²) in [7, 11) is 0. The molecule has 50 valence electrons. The van der Waals surface area contributed by atoms with Gasteiger partial charge in [0.15, 0.2) is 5.69 Å². The highest BCUT2D eigenvalue weighted by Gasteiger charge is 2.32. The number of fused-ring (bicyclic) bond motifs is 1. The summed E-state index contributed by atoms with van der Waals surface area (Å²) in [5.74, 6) is -1.22. The van der Waals surface area contributed by atoms with Gasteiger partial charge in [-0.3, -0.25) is 0 Å². The molecule has 1 aliphatic heterocycles. The van der Waals surface area contributed by atoms with Gasteiger partial charge in [-0.05, 0) is 0 Å². The van der Waals surface area contributed by atoms with Gasteiger partial charge in [0.05, 0.1) is 5.51 Å². The van der Waals surface area contributed by atoms with Crippen molar-refractivity contribution in [3.05, 3.63) is 16.1 Å². The Morgan fingerprint density at radius 3 is 2.90 bits per heavy atom. The van der Waals surface area contributed by atoms with E-state index in [4.69, 9.17) is 0 Å². The fraction of sp³-hybridized carbons (Fsp3) is 0. The average molecular weight is 155 g/mol. The largest absolute Gasteiger partial charge is 0.384 e. The molecule has 4 nitrogen and oxygen atoms in total. The average Bonchev–Trinajstić information content (AvgIpc) is 2.39. The van der Waals surface area contributed by atoms with E-state index in [0.717, 1.165) is 11.3 Å². The van der Waals surface area contributed by atoms with E-state index in [1.165, 1.54) is 5.51 Å². The van der Waals surface area contributed by atoms with Crippen LogP contribution in [0, 0.1) is 0 Å². The van der Waals surface area contributed by atoms with Crippen LogP contribution < -0.4 is 0 Å². The summed E-state index contributed by atoms with van der Waals surface area (Å²) in [5.41, 5.74) is 1.60. The fourth-order valence-corrected chi connectivity index (χ4v) is 1.36. The molecule has 0 saturated heterocycles. The molecule has 2 rings (SSSR count). The van der Waals surface area contributed by atoms with Crippen LogP contribution >= 0.6 is 11.3 Å². The predicted octanol–water partition coefficient (Wildman–Crippen LogP) is 0.454. The van der Waals surface area contributed by atoms with Gasteiger partial charge in [0.1, 0.15) is 4.88 Å². The van der Waals surface area contributed by atoms with Gasteiger partial charge >= 0.3 is 11.9 Å². The second-order valence-electron chi connectivity index (χ2n) is 1.71. The van der Waals surface area contributed by atoms with Crippen LogP contribution in [0.5, 0.6) is 0 Å². The SMILES string of the molecule is O=C1OC(=O)c2scnc21. The normalized spacial score (nSPS) is 15.2. The van der Waals surface area contributed by atoms with Gasteiger partial charge in [-0.15, -0.1) is 11.3 Å². The van der Waals surface area contributed by atoms with Gasteiger partial charge in [-0.25, -0.2) is 14.6 Å².